The van der Waals surface area contributed by atoms with Crippen molar-refractivity contribution in [2.75, 3.05) is 19.0 Å². The third-order valence-electron chi connectivity index (χ3n) is 1.90. The molecule has 0 atom stereocenters. The summed E-state index contributed by atoms with van der Waals surface area (Å²) >= 11 is 5.67. The van der Waals surface area contributed by atoms with Crippen molar-refractivity contribution in [3.8, 4) is 0 Å². The van der Waals surface area contributed by atoms with Gasteiger partial charge in [0, 0.05) is 25.7 Å². The summed E-state index contributed by atoms with van der Waals surface area (Å²) in [5.41, 5.74) is 1.93. The van der Waals surface area contributed by atoms with Crippen LogP contribution in [-0.2, 0) is 5.88 Å². The molecule has 0 radical (unpaired) electrons. The van der Waals surface area contributed by atoms with E-state index in [1.807, 2.05) is 25.1 Å². The quantitative estimate of drug-likeness (QED) is 0.783. The first-order valence-corrected chi connectivity index (χ1v) is 4.68. The lowest BCUT2D eigenvalue weighted by Crippen LogP contribution is -2.10. The van der Waals surface area contributed by atoms with Gasteiger partial charge in [0.1, 0.15) is 0 Å². The molecule has 0 aliphatic carbocycles. The van der Waals surface area contributed by atoms with Gasteiger partial charge in [0.15, 0.2) is 0 Å². The van der Waals surface area contributed by atoms with Crippen LogP contribution in [0.25, 0.3) is 0 Å². The first-order valence-electron chi connectivity index (χ1n) is 4.15. The summed E-state index contributed by atoms with van der Waals surface area (Å²) in [5.74, 6) is -0.609. The van der Waals surface area contributed by atoms with Gasteiger partial charge in [-0.1, -0.05) is 0 Å². The van der Waals surface area contributed by atoms with Gasteiger partial charge in [-0.25, -0.2) is 4.79 Å². The first kappa shape index (κ1) is 10.9. The Morgan fingerprint density at radius 2 is 2.07 bits per heavy atom. The Labute approximate surface area is 87.9 Å². The molecule has 14 heavy (non-hydrogen) atoms. The monoisotopic (exact) mass is 213 g/mol. The van der Waals surface area contributed by atoms with Gasteiger partial charge in [-0.05, 0) is 23.8 Å². The Hall–Kier alpha value is -1.22. The van der Waals surface area contributed by atoms with Gasteiger partial charge in [-0.15, -0.1) is 11.6 Å². The van der Waals surface area contributed by atoms with Gasteiger partial charge < -0.3 is 10.0 Å². The molecule has 1 aromatic rings. The van der Waals surface area contributed by atoms with Crippen molar-refractivity contribution < 1.29 is 9.90 Å². The van der Waals surface area contributed by atoms with E-state index in [9.17, 15) is 4.79 Å². The number of carboxylic acids is 1. The van der Waals surface area contributed by atoms with Crippen molar-refractivity contribution in [3.05, 3.63) is 29.3 Å². The highest BCUT2D eigenvalue weighted by molar-refractivity contribution is 6.17. The topological polar surface area (TPSA) is 40.5 Å². The maximum absolute atomic E-state index is 10.8. The molecule has 0 saturated carbocycles. The lowest BCUT2D eigenvalue weighted by Gasteiger charge is -2.14. The molecule has 0 unspecified atom stereocenters. The average Bonchev–Trinajstić information content (AvgIpc) is 2.16. The third-order valence-corrected chi connectivity index (χ3v) is 2.20. The van der Waals surface area contributed by atoms with E-state index in [0.717, 1.165) is 11.3 Å². The van der Waals surface area contributed by atoms with Crippen LogP contribution in [0.1, 0.15) is 15.9 Å². The van der Waals surface area contributed by atoms with Crippen LogP contribution in [0.3, 0.4) is 0 Å². The molecular formula is C10H12ClNO2. The Morgan fingerprint density at radius 3 is 2.50 bits per heavy atom. The minimum absolute atomic E-state index is 0.270. The van der Waals surface area contributed by atoms with E-state index in [-0.39, 0.29) is 5.56 Å². The van der Waals surface area contributed by atoms with Crippen LogP contribution in [0.2, 0.25) is 0 Å². The second-order valence-corrected chi connectivity index (χ2v) is 3.49. The number of aromatic carboxylic acids is 1. The Morgan fingerprint density at radius 1 is 1.43 bits per heavy atom. The Balaban J connectivity index is 3.20. The summed E-state index contributed by atoms with van der Waals surface area (Å²) in [6.07, 6.45) is 0. The van der Waals surface area contributed by atoms with Crippen molar-refractivity contribution in [1.82, 2.24) is 0 Å². The maximum atomic E-state index is 10.8. The van der Waals surface area contributed by atoms with Gasteiger partial charge in [0.25, 0.3) is 0 Å². The number of hydrogen-bond acceptors (Lipinski definition) is 2. The largest absolute Gasteiger partial charge is 0.478 e. The van der Waals surface area contributed by atoms with Crippen LogP contribution in [0.15, 0.2) is 18.2 Å². The number of alkyl halides is 1. The molecule has 0 saturated heterocycles. The van der Waals surface area contributed by atoms with Crippen molar-refractivity contribution in [2.24, 2.45) is 0 Å². The molecule has 0 spiro atoms. The van der Waals surface area contributed by atoms with E-state index in [4.69, 9.17) is 16.7 Å². The number of nitrogens with zero attached hydrogens (tertiary/aromatic N) is 1. The zero-order chi connectivity index (χ0) is 10.7. The summed E-state index contributed by atoms with van der Waals surface area (Å²) in [7, 11) is 3.72. The molecule has 0 fully saturated rings. The molecule has 1 rings (SSSR count). The van der Waals surface area contributed by atoms with Crippen molar-refractivity contribution >= 4 is 23.3 Å². The standard InChI is InChI=1S/C10H12ClNO2/c1-12(2)9-4-7(6-11)3-8(5-9)10(13)14/h3-5H,6H2,1-2H3,(H,13,14). The number of carbonyl (C=O) groups is 1. The van der Waals surface area contributed by atoms with Gasteiger partial charge in [-0.3, -0.25) is 0 Å². The number of halogens is 1. The minimum Gasteiger partial charge on any atom is -0.478 e. The van der Waals surface area contributed by atoms with Gasteiger partial charge >= 0.3 is 5.97 Å². The van der Waals surface area contributed by atoms with E-state index >= 15 is 0 Å². The van der Waals surface area contributed by atoms with Crippen LogP contribution in [0.5, 0.6) is 0 Å². The first-order chi connectivity index (χ1) is 6.54. The van der Waals surface area contributed by atoms with Gasteiger partial charge in [-0.2, -0.15) is 0 Å². The van der Waals surface area contributed by atoms with Gasteiger partial charge in [0.05, 0.1) is 5.56 Å². The number of benzene rings is 1. The molecule has 1 aromatic carbocycles. The predicted octanol–water partition coefficient (Wildman–Crippen LogP) is 2.19. The molecule has 0 aliphatic rings. The van der Waals surface area contributed by atoms with Crippen LogP contribution >= 0.6 is 11.6 Å². The number of carboxylic acid groups (broad SMARTS) is 1. The normalized spacial score (nSPS) is 9.93. The molecular weight excluding hydrogens is 202 g/mol. The number of rotatable bonds is 3. The van der Waals surface area contributed by atoms with Crippen molar-refractivity contribution in [3.63, 3.8) is 0 Å². The SMILES string of the molecule is CN(C)c1cc(CCl)cc(C(=O)O)c1. The van der Waals surface area contributed by atoms with E-state index in [1.165, 1.54) is 0 Å². The molecule has 76 valence electrons. The zero-order valence-electron chi connectivity index (χ0n) is 8.12. The van der Waals surface area contributed by atoms with E-state index in [0.29, 0.717) is 5.88 Å². The van der Waals surface area contributed by atoms with Crippen molar-refractivity contribution in [2.45, 2.75) is 5.88 Å². The number of anilines is 1. The van der Waals surface area contributed by atoms with Crippen LogP contribution < -0.4 is 4.90 Å². The van der Waals surface area contributed by atoms with E-state index in [1.54, 1.807) is 12.1 Å². The fraction of sp³-hybridized carbons (Fsp3) is 0.300. The average molecular weight is 214 g/mol. The summed E-state index contributed by atoms with van der Waals surface area (Å²) < 4.78 is 0. The van der Waals surface area contributed by atoms with Crippen molar-refractivity contribution in [1.29, 1.82) is 0 Å². The summed E-state index contributed by atoms with van der Waals surface area (Å²) in [5, 5.41) is 8.85. The second kappa shape index (κ2) is 4.33. The number of hydrogen-bond donors (Lipinski definition) is 1. The van der Waals surface area contributed by atoms with E-state index < -0.39 is 5.97 Å². The summed E-state index contributed by atoms with van der Waals surface area (Å²) in [6, 6.07) is 5.08. The lowest BCUT2D eigenvalue weighted by atomic mass is 10.1. The summed E-state index contributed by atoms with van der Waals surface area (Å²) in [6.45, 7) is 0. The van der Waals surface area contributed by atoms with Crippen LogP contribution in [0, 0.1) is 0 Å². The smallest absolute Gasteiger partial charge is 0.335 e. The summed E-state index contributed by atoms with van der Waals surface area (Å²) in [4.78, 5) is 12.6. The maximum Gasteiger partial charge on any atom is 0.335 e. The molecule has 0 aromatic heterocycles. The van der Waals surface area contributed by atoms with Crippen LogP contribution in [-0.4, -0.2) is 25.2 Å². The highest BCUT2D eigenvalue weighted by Crippen LogP contribution is 2.18. The van der Waals surface area contributed by atoms with Gasteiger partial charge in [0.2, 0.25) is 0 Å². The van der Waals surface area contributed by atoms with E-state index in [2.05, 4.69) is 0 Å². The fourth-order valence-electron chi connectivity index (χ4n) is 1.13. The third kappa shape index (κ3) is 2.39. The predicted molar refractivity (Wildman–Crippen MR) is 57.3 cm³/mol. The molecule has 4 heteroatoms. The lowest BCUT2D eigenvalue weighted by molar-refractivity contribution is 0.0697. The van der Waals surface area contributed by atoms with Crippen LogP contribution in [0.4, 0.5) is 5.69 Å². The molecule has 3 nitrogen and oxygen atoms in total. The zero-order valence-corrected chi connectivity index (χ0v) is 8.88. The molecule has 0 amide bonds. The molecule has 1 N–H and O–H groups in total. The Kier molecular flexibility index (Phi) is 3.36. The molecule has 0 bridgehead atoms. The highest BCUT2D eigenvalue weighted by atomic mass is 35.5. The molecule has 0 aliphatic heterocycles. The minimum atomic E-state index is -0.930. The second-order valence-electron chi connectivity index (χ2n) is 3.22. The highest BCUT2D eigenvalue weighted by Gasteiger charge is 2.07. The fourth-order valence-corrected chi connectivity index (χ4v) is 1.29. The Bertz CT molecular complexity index is 350. The molecule has 0 heterocycles.